The Morgan fingerprint density at radius 2 is 1.83 bits per heavy atom. The average molecular weight is 407 g/mol. The Balaban J connectivity index is 1.66. The van der Waals surface area contributed by atoms with Crippen LogP contribution in [0, 0.1) is 5.82 Å². The zero-order chi connectivity index (χ0) is 21.5. The SMILES string of the molecule is CCOC(=O)Cc1ccc(NC(=O)/C=C/c2cnn(C)c2-c2ccc(F)cc2)cc1. The van der Waals surface area contributed by atoms with Gasteiger partial charge >= 0.3 is 5.97 Å². The standard InChI is InChI=1S/C23H22FN3O3/c1-3-30-22(29)14-16-4-11-20(12-5-16)26-21(28)13-8-18-15-25-27(2)23(18)17-6-9-19(24)10-7-17/h4-13,15H,3,14H2,1-2H3,(H,26,28)/b13-8+. The molecule has 154 valence electrons. The fraction of sp³-hybridized carbons (Fsp3) is 0.174. The number of carbonyl (C=O) groups is 2. The molecule has 1 aromatic heterocycles. The molecule has 30 heavy (non-hydrogen) atoms. The summed E-state index contributed by atoms with van der Waals surface area (Å²) < 4.78 is 19.8. The van der Waals surface area contributed by atoms with E-state index in [0.717, 1.165) is 22.4 Å². The number of ether oxygens (including phenoxy) is 1. The zero-order valence-corrected chi connectivity index (χ0v) is 16.8. The van der Waals surface area contributed by atoms with Crippen molar-refractivity contribution < 1.29 is 18.7 Å². The lowest BCUT2D eigenvalue weighted by atomic mass is 10.1. The molecule has 6 nitrogen and oxygen atoms in total. The molecule has 3 aromatic rings. The third-order valence-corrected chi connectivity index (χ3v) is 4.37. The number of aromatic nitrogens is 2. The van der Waals surface area contributed by atoms with E-state index in [1.54, 1.807) is 67.3 Å². The summed E-state index contributed by atoms with van der Waals surface area (Å²) in [5.74, 6) is -0.904. The molecule has 2 aromatic carbocycles. The largest absolute Gasteiger partial charge is 0.466 e. The van der Waals surface area contributed by atoms with Crippen LogP contribution in [0.2, 0.25) is 0 Å². The molecule has 0 bridgehead atoms. The molecule has 3 rings (SSSR count). The van der Waals surface area contributed by atoms with Gasteiger partial charge in [-0.3, -0.25) is 14.3 Å². The van der Waals surface area contributed by atoms with E-state index in [2.05, 4.69) is 10.4 Å². The van der Waals surface area contributed by atoms with Crippen molar-refractivity contribution in [2.24, 2.45) is 7.05 Å². The maximum absolute atomic E-state index is 13.2. The van der Waals surface area contributed by atoms with Gasteiger partial charge in [0, 0.05) is 29.9 Å². The summed E-state index contributed by atoms with van der Waals surface area (Å²) in [6, 6.07) is 13.1. The number of carbonyl (C=O) groups excluding carboxylic acids is 2. The number of nitrogens with one attached hydrogen (secondary N) is 1. The summed E-state index contributed by atoms with van der Waals surface area (Å²) in [6.45, 7) is 2.11. The van der Waals surface area contributed by atoms with Crippen LogP contribution in [0.1, 0.15) is 18.1 Å². The smallest absolute Gasteiger partial charge is 0.310 e. The second-order valence-corrected chi connectivity index (χ2v) is 6.58. The third kappa shape index (κ3) is 5.41. The number of rotatable bonds is 7. The molecule has 0 aliphatic heterocycles. The Morgan fingerprint density at radius 1 is 1.13 bits per heavy atom. The fourth-order valence-electron chi connectivity index (χ4n) is 2.97. The van der Waals surface area contributed by atoms with Gasteiger partial charge in [0.25, 0.3) is 0 Å². The lowest BCUT2D eigenvalue weighted by Crippen LogP contribution is -2.09. The highest BCUT2D eigenvalue weighted by molar-refractivity contribution is 6.02. The van der Waals surface area contributed by atoms with Crippen molar-refractivity contribution in [1.82, 2.24) is 9.78 Å². The molecular formula is C23H22FN3O3. The highest BCUT2D eigenvalue weighted by atomic mass is 19.1. The van der Waals surface area contributed by atoms with E-state index >= 15 is 0 Å². The number of nitrogens with zero attached hydrogens (tertiary/aromatic N) is 2. The molecule has 0 saturated carbocycles. The molecule has 0 aliphatic rings. The molecule has 0 atom stereocenters. The Kier molecular flexibility index (Phi) is 6.75. The molecule has 0 aliphatic carbocycles. The first-order chi connectivity index (χ1) is 14.5. The minimum Gasteiger partial charge on any atom is -0.466 e. The predicted molar refractivity (Wildman–Crippen MR) is 113 cm³/mol. The van der Waals surface area contributed by atoms with Crippen molar-refractivity contribution in [3.05, 3.63) is 77.7 Å². The Morgan fingerprint density at radius 3 is 2.50 bits per heavy atom. The molecule has 7 heteroatoms. The number of halogens is 1. The first-order valence-electron chi connectivity index (χ1n) is 9.48. The lowest BCUT2D eigenvalue weighted by molar-refractivity contribution is -0.142. The van der Waals surface area contributed by atoms with Crippen molar-refractivity contribution in [2.45, 2.75) is 13.3 Å². The van der Waals surface area contributed by atoms with Crippen LogP contribution in [0.3, 0.4) is 0 Å². The van der Waals surface area contributed by atoms with E-state index in [1.807, 2.05) is 0 Å². The number of aryl methyl sites for hydroxylation is 1. The summed E-state index contributed by atoms with van der Waals surface area (Å²) in [4.78, 5) is 23.8. The number of benzene rings is 2. The first kappa shape index (κ1) is 21.0. The molecule has 0 radical (unpaired) electrons. The zero-order valence-electron chi connectivity index (χ0n) is 16.8. The predicted octanol–water partition coefficient (Wildman–Crippen LogP) is 3.98. The van der Waals surface area contributed by atoms with Gasteiger partial charge in [-0.15, -0.1) is 0 Å². The quantitative estimate of drug-likeness (QED) is 0.475. The molecule has 1 heterocycles. The van der Waals surface area contributed by atoms with Crippen LogP contribution in [0.4, 0.5) is 10.1 Å². The molecule has 0 fully saturated rings. The van der Waals surface area contributed by atoms with Gasteiger partial charge in [-0.2, -0.15) is 5.10 Å². The van der Waals surface area contributed by atoms with Gasteiger partial charge in [0.15, 0.2) is 0 Å². The minimum atomic E-state index is -0.314. The van der Waals surface area contributed by atoms with Gasteiger partial charge in [0.1, 0.15) is 5.82 Å². The van der Waals surface area contributed by atoms with Crippen LogP contribution < -0.4 is 5.32 Å². The Hall–Kier alpha value is -3.74. The van der Waals surface area contributed by atoms with Gasteiger partial charge < -0.3 is 10.1 Å². The van der Waals surface area contributed by atoms with Gasteiger partial charge in [0.05, 0.1) is 24.9 Å². The van der Waals surface area contributed by atoms with Gasteiger partial charge in [-0.05, 0) is 55.0 Å². The Labute approximate surface area is 174 Å². The van der Waals surface area contributed by atoms with E-state index in [4.69, 9.17) is 4.74 Å². The van der Waals surface area contributed by atoms with Crippen molar-refractivity contribution >= 4 is 23.6 Å². The van der Waals surface area contributed by atoms with Crippen LogP contribution >= 0.6 is 0 Å². The second-order valence-electron chi connectivity index (χ2n) is 6.58. The highest BCUT2D eigenvalue weighted by Crippen LogP contribution is 2.24. The van der Waals surface area contributed by atoms with Crippen LogP contribution in [-0.2, 0) is 27.8 Å². The number of esters is 1. The molecule has 0 unspecified atom stereocenters. The maximum Gasteiger partial charge on any atom is 0.310 e. The van der Waals surface area contributed by atoms with Gasteiger partial charge in [0.2, 0.25) is 5.91 Å². The maximum atomic E-state index is 13.2. The minimum absolute atomic E-state index is 0.190. The van der Waals surface area contributed by atoms with Crippen LogP contribution in [0.5, 0.6) is 0 Å². The topological polar surface area (TPSA) is 73.2 Å². The lowest BCUT2D eigenvalue weighted by Gasteiger charge is -2.06. The summed E-state index contributed by atoms with van der Waals surface area (Å²) in [6.07, 6.45) is 4.91. The third-order valence-electron chi connectivity index (χ3n) is 4.37. The van der Waals surface area contributed by atoms with E-state index in [1.165, 1.54) is 18.2 Å². The molecule has 1 N–H and O–H groups in total. The van der Waals surface area contributed by atoms with E-state index in [-0.39, 0.29) is 24.1 Å². The van der Waals surface area contributed by atoms with Crippen LogP contribution in [0.25, 0.3) is 17.3 Å². The molecule has 0 saturated heterocycles. The second kappa shape index (κ2) is 9.65. The highest BCUT2D eigenvalue weighted by Gasteiger charge is 2.10. The molecule has 0 spiro atoms. The van der Waals surface area contributed by atoms with Gasteiger partial charge in [-0.25, -0.2) is 4.39 Å². The van der Waals surface area contributed by atoms with Crippen molar-refractivity contribution in [3.8, 4) is 11.3 Å². The normalized spacial score (nSPS) is 10.9. The summed E-state index contributed by atoms with van der Waals surface area (Å²) >= 11 is 0. The Bertz CT molecular complexity index is 1050. The van der Waals surface area contributed by atoms with E-state index in [0.29, 0.717) is 12.3 Å². The summed E-state index contributed by atoms with van der Waals surface area (Å²) in [5, 5.41) is 7.00. The monoisotopic (exact) mass is 407 g/mol. The van der Waals surface area contributed by atoms with Crippen molar-refractivity contribution in [3.63, 3.8) is 0 Å². The first-order valence-corrected chi connectivity index (χ1v) is 9.48. The van der Waals surface area contributed by atoms with E-state index < -0.39 is 0 Å². The molecular weight excluding hydrogens is 385 g/mol. The number of anilines is 1. The van der Waals surface area contributed by atoms with Crippen LogP contribution in [-0.4, -0.2) is 28.3 Å². The average Bonchev–Trinajstić information content (AvgIpc) is 3.09. The van der Waals surface area contributed by atoms with Crippen LogP contribution in [0.15, 0.2) is 60.8 Å². The summed E-state index contributed by atoms with van der Waals surface area (Å²) in [7, 11) is 1.79. The number of hydrogen-bond acceptors (Lipinski definition) is 4. The number of amides is 1. The van der Waals surface area contributed by atoms with Crippen molar-refractivity contribution in [2.75, 3.05) is 11.9 Å². The van der Waals surface area contributed by atoms with Crippen molar-refractivity contribution in [1.29, 1.82) is 0 Å². The molecule has 1 amide bonds. The summed E-state index contributed by atoms with van der Waals surface area (Å²) in [5.41, 5.74) is 3.74. The van der Waals surface area contributed by atoms with Gasteiger partial charge in [-0.1, -0.05) is 12.1 Å². The van der Waals surface area contributed by atoms with E-state index in [9.17, 15) is 14.0 Å². The number of hydrogen-bond donors (Lipinski definition) is 1. The fourth-order valence-corrected chi connectivity index (χ4v) is 2.97.